The molecule has 88 valence electrons. The Kier molecular flexibility index (Phi) is 2.87. The van der Waals surface area contributed by atoms with Gasteiger partial charge in [0.05, 0.1) is 0 Å². The topological polar surface area (TPSA) is 59.7 Å². The van der Waals surface area contributed by atoms with Gasteiger partial charge in [-0.05, 0) is 43.2 Å². The molecule has 0 unspecified atom stereocenters. The fraction of sp³-hybridized carbons (Fsp3) is 0.154. The number of carbonyl (C=O) groups is 1. The van der Waals surface area contributed by atoms with E-state index < -0.39 is 5.97 Å². The normalized spacial score (nSPS) is 10.2. The molecule has 2 rings (SSSR count). The molecule has 0 bridgehead atoms. The third-order valence-electron chi connectivity index (χ3n) is 2.49. The zero-order valence-electron chi connectivity index (χ0n) is 9.56. The Bertz CT molecular complexity index is 554. The van der Waals surface area contributed by atoms with Gasteiger partial charge in [-0.3, -0.25) is 0 Å². The van der Waals surface area contributed by atoms with Crippen molar-refractivity contribution in [2.45, 2.75) is 13.8 Å². The highest BCUT2D eigenvalue weighted by atomic mass is 16.6. The Morgan fingerprint density at radius 3 is 2.53 bits per heavy atom. The minimum atomic E-state index is -1.11. The van der Waals surface area contributed by atoms with Crippen molar-refractivity contribution in [1.29, 1.82) is 0 Å². The first-order valence-corrected chi connectivity index (χ1v) is 5.14. The maximum atomic E-state index is 10.6. The van der Waals surface area contributed by atoms with E-state index in [1.165, 1.54) is 17.7 Å². The molecule has 0 radical (unpaired) electrons. The molecule has 0 aliphatic carbocycles. The van der Waals surface area contributed by atoms with E-state index in [4.69, 9.17) is 14.3 Å². The van der Waals surface area contributed by atoms with E-state index >= 15 is 0 Å². The van der Waals surface area contributed by atoms with Crippen molar-refractivity contribution in [3.63, 3.8) is 0 Å². The van der Waals surface area contributed by atoms with E-state index in [1.807, 2.05) is 32.0 Å². The molecule has 1 heterocycles. The Morgan fingerprint density at radius 2 is 1.94 bits per heavy atom. The second-order valence-corrected chi connectivity index (χ2v) is 3.77. The van der Waals surface area contributed by atoms with Crippen molar-refractivity contribution < 1.29 is 19.1 Å². The lowest BCUT2D eigenvalue weighted by molar-refractivity contribution is 0.0657. The van der Waals surface area contributed by atoms with Crippen LogP contribution < -0.4 is 4.74 Å². The first kappa shape index (κ1) is 11.3. The van der Waals surface area contributed by atoms with E-state index in [-0.39, 0.29) is 11.7 Å². The molecule has 0 saturated carbocycles. The molecule has 0 aliphatic rings. The second-order valence-electron chi connectivity index (χ2n) is 3.77. The Balaban J connectivity index is 2.19. The summed E-state index contributed by atoms with van der Waals surface area (Å²) in [5.41, 5.74) is 2.27. The zero-order chi connectivity index (χ0) is 12.4. The summed E-state index contributed by atoms with van der Waals surface area (Å²) >= 11 is 0. The van der Waals surface area contributed by atoms with E-state index in [9.17, 15) is 4.79 Å². The molecule has 0 saturated heterocycles. The summed E-state index contributed by atoms with van der Waals surface area (Å²) in [5.74, 6) is -0.450. The highest BCUT2D eigenvalue weighted by Crippen LogP contribution is 2.25. The van der Waals surface area contributed by atoms with E-state index in [0.717, 1.165) is 5.56 Å². The van der Waals surface area contributed by atoms with Crippen LogP contribution in [0.15, 0.2) is 34.7 Å². The van der Waals surface area contributed by atoms with Crippen molar-refractivity contribution in [1.82, 2.24) is 0 Å². The van der Waals surface area contributed by atoms with E-state index in [2.05, 4.69) is 0 Å². The minimum absolute atomic E-state index is 0.135. The molecule has 4 nitrogen and oxygen atoms in total. The maximum absolute atomic E-state index is 10.6. The molecule has 1 aromatic heterocycles. The smallest absolute Gasteiger partial charge is 0.371 e. The number of rotatable bonds is 3. The summed E-state index contributed by atoms with van der Waals surface area (Å²) in [6.45, 7) is 3.99. The first-order valence-electron chi connectivity index (χ1n) is 5.14. The molecule has 1 N–H and O–H groups in total. The molecule has 1 aromatic carbocycles. The van der Waals surface area contributed by atoms with Gasteiger partial charge < -0.3 is 14.3 Å². The van der Waals surface area contributed by atoms with E-state index in [1.54, 1.807) is 0 Å². The molecule has 0 fully saturated rings. The van der Waals surface area contributed by atoms with Crippen molar-refractivity contribution in [3.8, 4) is 11.7 Å². The summed E-state index contributed by atoms with van der Waals surface area (Å²) in [5, 5.41) is 8.70. The summed E-state index contributed by atoms with van der Waals surface area (Å²) in [7, 11) is 0. The van der Waals surface area contributed by atoms with Gasteiger partial charge in [0, 0.05) is 6.07 Å². The van der Waals surface area contributed by atoms with Crippen molar-refractivity contribution in [2.24, 2.45) is 0 Å². The average Bonchev–Trinajstić information content (AvgIpc) is 2.72. The monoisotopic (exact) mass is 232 g/mol. The number of aryl methyl sites for hydroxylation is 2. The number of hydrogen-bond donors (Lipinski definition) is 1. The predicted molar refractivity (Wildman–Crippen MR) is 61.7 cm³/mol. The van der Waals surface area contributed by atoms with Crippen LogP contribution in [-0.4, -0.2) is 11.1 Å². The van der Waals surface area contributed by atoms with Crippen LogP contribution in [-0.2, 0) is 0 Å². The quantitative estimate of drug-likeness (QED) is 0.881. The van der Waals surface area contributed by atoms with Crippen molar-refractivity contribution in [2.75, 3.05) is 0 Å². The fourth-order valence-electron chi connectivity index (χ4n) is 1.38. The Morgan fingerprint density at radius 1 is 1.18 bits per heavy atom. The number of benzene rings is 1. The van der Waals surface area contributed by atoms with Gasteiger partial charge in [-0.1, -0.05) is 6.07 Å². The summed E-state index contributed by atoms with van der Waals surface area (Å²) in [6, 6.07) is 8.46. The minimum Gasteiger partial charge on any atom is -0.475 e. The average molecular weight is 232 g/mol. The predicted octanol–water partition coefficient (Wildman–Crippen LogP) is 3.39. The van der Waals surface area contributed by atoms with Gasteiger partial charge in [-0.2, -0.15) is 0 Å². The number of carboxylic acids is 1. The molecular formula is C13H12O4. The van der Waals surface area contributed by atoms with Crippen LogP contribution in [0.3, 0.4) is 0 Å². The Labute approximate surface area is 98.4 Å². The van der Waals surface area contributed by atoms with Crippen LogP contribution >= 0.6 is 0 Å². The lowest BCUT2D eigenvalue weighted by Gasteiger charge is -2.04. The fourth-order valence-corrected chi connectivity index (χ4v) is 1.38. The van der Waals surface area contributed by atoms with Gasteiger partial charge in [0.25, 0.3) is 5.95 Å². The molecule has 0 amide bonds. The van der Waals surface area contributed by atoms with Gasteiger partial charge in [-0.25, -0.2) is 4.79 Å². The number of hydrogen-bond acceptors (Lipinski definition) is 3. The zero-order valence-corrected chi connectivity index (χ0v) is 9.56. The number of furan rings is 1. The molecule has 17 heavy (non-hydrogen) atoms. The lowest BCUT2D eigenvalue weighted by atomic mass is 10.1. The van der Waals surface area contributed by atoms with Gasteiger partial charge >= 0.3 is 5.97 Å². The van der Waals surface area contributed by atoms with Gasteiger partial charge in [0.1, 0.15) is 5.75 Å². The van der Waals surface area contributed by atoms with Gasteiger partial charge in [0.2, 0.25) is 5.76 Å². The molecule has 0 aliphatic heterocycles. The van der Waals surface area contributed by atoms with Gasteiger partial charge in [-0.15, -0.1) is 0 Å². The summed E-state index contributed by atoms with van der Waals surface area (Å²) in [4.78, 5) is 10.6. The van der Waals surface area contributed by atoms with Crippen LogP contribution in [0.5, 0.6) is 11.7 Å². The SMILES string of the molecule is Cc1ccc(Oc2ccc(C(=O)O)o2)cc1C. The molecule has 4 heteroatoms. The molecule has 0 atom stereocenters. The van der Waals surface area contributed by atoms with Crippen LogP contribution in [0.2, 0.25) is 0 Å². The summed E-state index contributed by atoms with van der Waals surface area (Å²) < 4.78 is 10.4. The van der Waals surface area contributed by atoms with Crippen molar-refractivity contribution in [3.05, 3.63) is 47.2 Å². The number of aromatic carboxylic acids is 1. The van der Waals surface area contributed by atoms with Gasteiger partial charge in [0.15, 0.2) is 0 Å². The highest BCUT2D eigenvalue weighted by Gasteiger charge is 2.10. The van der Waals surface area contributed by atoms with Crippen LogP contribution in [0.25, 0.3) is 0 Å². The van der Waals surface area contributed by atoms with Crippen LogP contribution in [0.1, 0.15) is 21.7 Å². The second kappa shape index (κ2) is 4.33. The first-order chi connectivity index (χ1) is 8.06. The lowest BCUT2D eigenvalue weighted by Crippen LogP contribution is -1.91. The third-order valence-corrected chi connectivity index (χ3v) is 2.49. The van der Waals surface area contributed by atoms with E-state index in [0.29, 0.717) is 5.75 Å². The van der Waals surface area contributed by atoms with Crippen LogP contribution in [0, 0.1) is 13.8 Å². The molecular weight excluding hydrogens is 220 g/mol. The third kappa shape index (κ3) is 2.47. The largest absolute Gasteiger partial charge is 0.475 e. The molecule has 2 aromatic rings. The number of carboxylic acid groups (broad SMARTS) is 1. The number of ether oxygens (including phenoxy) is 1. The standard InChI is InChI=1S/C13H12O4/c1-8-3-4-10(7-9(8)2)16-12-6-5-11(17-12)13(14)15/h3-7H,1-2H3,(H,14,15). The maximum Gasteiger partial charge on any atom is 0.371 e. The Hall–Kier alpha value is -2.23. The molecule has 0 spiro atoms. The van der Waals surface area contributed by atoms with Crippen LogP contribution in [0.4, 0.5) is 0 Å². The van der Waals surface area contributed by atoms with Crippen molar-refractivity contribution >= 4 is 5.97 Å². The summed E-state index contributed by atoms with van der Waals surface area (Å²) in [6.07, 6.45) is 0. The highest BCUT2D eigenvalue weighted by molar-refractivity contribution is 5.84.